The highest BCUT2D eigenvalue weighted by molar-refractivity contribution is 6.42. The molecule has 0 spiro atoms. The van der Waals surface area contributed by atoms with Gasteiger partial charge in [-0.2, -0.15) is 0 Å². The minimum absolute atomic E-state index is 0.101. The van der Waals surface area contributed by atoms with Crippen molar-refractivity contribution in [3.8, 4) is 11.5 Å². The first-order valence-corrected chi connectivity index (χ1v) is 9.46. The summed E-state index contributed by atoms with van der Waals surface area (Å²) in [5.41, 5.74) is 1.11. The van der Waals surface area contributed by atoms with Gasteiger partial charge in [-0.3, -0.25) is 4.90 Å². The minimum Gasteiger partial charge on any atom is -0.497 e. The third kappa shape index (κ3) is 4.70. The number of aliphatic hydroxyl groups excluding tert-OH is 1. The van der Waals surface area contributed by atoms with Crippen LogP contribution < -0.4 is 9.47 Å². The summed E-state index contributed by atoms with van der Waals surface area (Å²) < 4.78 is 21.0. The van der Waals surface area contributed by atoms with Gasteiger partial charge >= 0.3 is 5.97 Å². The zero-order chi connectivity index (χ0) is 20.1. The Kier molecular flexibility index (Phi) is 7.01. The minimum atomic E-state index is -1.39. The molecular weight excluding hydrogens is 388 g/mol. The van der Waals surface area contributed by atoms with Gasteiger partial charge in [0.1, 0.15) is 17.2 Å². The number of aliphatic hydroxyl groups is 1. The Morgan fingerprint density at radius 2 is 2.04 bits per heavy atom. The van der Waals surface area contributed by atoms with E-state index in [1.165, 1.54) is 0 Å². The first-order chi connectivity index (χ1) is 13.5. The molecule has 0 aromatic heterocycles. The highest BCUT2D eigenvalue weighted by Gasteiger charge is 2.36. The number of hydrogen-bond acceptors (Lipinski definition) is 8. The van der Waals surface area contributed by atoms with Crippen molar-refractivity contribution in [2.45, 2.75) is 12.8 Å². The molecule has 1 saturated heterocycles. The van der Waals surface area contributed by atoms with E-state index < -0.39 is 12.3 Å². The summed E-state index contributed by atoms with van der Waals surface area (Å²) >= 11 is 6.15. The Labute approximate surface area is 169 Å². The number of rotatable bonds is 8. The second kappa shape index (κ2) is 9.47. The highest BCUT2D eigenvalue weighted by Crippen LogP contribution is 2.31. The number of cyclic esters (lactones) is 1. The number of morpholine rings is 1. The Balaban J connectivity index is 1.85. The van der Waals surface area contributed by atoms with Gasteiger partial charge < -0.3 is 29.0 Å². The third-order valence-corrected chi connectivity index (χ3v) is 5.18. The molecule has 1 N–H and O–H groups in total. The monoisotopic (exact) mass is 412 g/mol. The topological polar surface area (TPSA) is 80.7 Å². The van der Waals surface area contributed by atoms with Crippen LogP contribution >= 0.6 is 11.6 Å². The standard InChI is InChI=1S/C19H25ClN2O6/c1-25-14-3-4-15(26-2)13(11-14)12-22(6-5-21-7-9-27-10-8-21)17-16(20)18(23)28-19(17)24/h3-4,11,19,24H,5-10,12H2,1-2H3. The maximum absolute atomic E-state index is 11.8. The van der Waals surface area contributed by atoms with Crippen LogP contribution in [0.15, 0.2) is 28.9 Å². The van der Waals surface area contributed by atoms with Gasteiger partial charge in [-0.05, 0) is 18.2 Å². The molecule has 0 saturated carbocycles. The van der Waals surface area contributed by atoms with Gasteiger partial charge in [0.15, 0.2) is 5.03 Å². The lowest BCUT2D eigenvalue weighted by Gasteiger charge is -2.32. The average Bonchev–Trinajstić information content (AvgIpc) is 2.97. The summed E-state index contributed by atoms with van der Waals surface area (Å²) in [5.74, 6) is 0.634. The molecule has 1 atom stereocenters. The molecule has 1 aromatic carbocycles. The molecule has 8 nitrogen and oxygen atoms in total. The van der Waals surface area contributed by atoms with E-state index in [4.69, 9.17) is 30.5 Å². The fraction of sp³-hybridized carbons (Fsp3) is 0.526. The zero-order valence-electron chi connectivity index (χ0n) is 16.0. The number of hydrogen-bond donors (Lipinski definition) is 1. The molecule has 2 aliphatic rings. The number of carbonyl (C=O) groups is 1. The third-order valence-electron chi connectivity index (χ3n) is 4.84. The van der Waals surface area contributed by atoms with Crippen molar-refractivity contribution < 1.29 is 28.8 Å². The molecule has 9 heteroatoms. The molecule has 2 aliphatic heterocycles. The molecule has 1 unspecified atom stereocenters. The van der Waals surface area contributed by atoms with E-state index in [1.807, 2.05) is 23.1 Å². The Morgan fingerprint density at radius 1 is 1.29 bits per heavy atom. The zero-order valence-corrected chi connectivity index (χ0v) is 16.8. The van der Waals surface area contributed by atoms with E-state index >= 15 is 0 Å². The van der Waals surface area contributed by atoms with Crippen LogP contribution in [0.3, 0.4) is 0 Å². The predicted octanol–water partition coefficient (Wildman–Crippen LogP) is 1.16. The summed E-state index contributed by atoms with van der Waals surface area (Å²) in [5, 5.41) is 10.1. The summed E-state index contributed by atoms with van der Waals surface area (Å²) in [6.45, 7) is 4.69. The number of esters is 1. The van der Waals surface area contributed by atoms with Crippen molar-refractivity contribution in [2.75, 3.05) is 53.6 Å². The molecule has 1 fully saturated rings. The smallest absolute Gasteiger partial charge is 0.354 e. The number of nitrogens with zero attached hydrogens (tertiary/aromatic N) is 2. The number of halogens is 1. The van der Waals surface area contributed by atoms with Crippen molar-refractivity contribution in [3.05, 3.63) is 34.5 Å². The summed E-state index contributed by atoms with van der Waals surface area (Å²) in [6, 6.07) is 5.49. The SMILES string of the molecule is COc1ccc(OC)c(CN(CCN2CCOCC2)C2=C(Cl)C(=O)OC2O)c1. The molecular formula is C19H25ClN2O6. The van der Waals surface area contributed by atoms with Gasteiger partial charge in [0.2, 0.25) is 6.29 Å². The number of carbonyl (C=O) groups excluding carboxylic acids is 1. The lowest BCUT2D eigenvalue weighted by Crippen LogP contribution is -2.42. The van der Waals surface area contributed by atoms with E-state index in [1.54, 1.807) is 14.2 Å². The Bertz CT molecular complexity index is 735. The predicted molar refractivity (Wildman–Crippen MR) is 102 cm³/mol. The van der Waals surface area contributed by atoms with Crippen molar-refractivity contribution in [2.24, 2.45) is 0 Å². The lowest BCUT2D eigenvalue weighted by molar-refractivity contribution is -0.152. The molecule has 0 bridgehead atoms. The molecule has 3 rings (SSSR count). The first kappa shape index (κ1) is 20.7. The molecule has 0 radical (unpaired) electrons. The molecule has 1 aromatic rings. The van der Waals surface area contributed by atoms with Crippen molar-refractivity contribution >= 4 is 17.6 Å². The van der Waals surface area contributed by atoms with Gasteiger partial charge in [0.25, 0.3) is 0 Å². The van der Waals surface area contributed by atoms with E-state index in [2.05, 4.69) is 4.90 Å². The molecule has 154 valence electrons. The van der Waals surface area contributed by atoms with Crippen LogP contribution in [0.25, 0.3) is 0 Å². The molecule has 2 heterocycles. The fourth-order valence-electron chi connectivity index (χ4n) is 3.30. The van der Waals surface area contributed by atoms with E-state index in [0.29, 0.717) is 37.8 Å². The summed E-state index contributed by atoms with van der Waals surface area (Å²) in [6.07, 6.45) is -1.39. The Morgan fingerprint density at radius 3 is 2.64 bits per heavy atom. The molecule has 0 amide bonds. The lowest BCUT2D eigenvalue weighted by atomic mass is 10.1. The van der Waals surface area contributed by atoms with Gasteiger partial charge in [0.05, 0.1) is 27.4 Å². The second-order valence-electron chi connectivity index (χ2n) is 6.51. The number of benzene rings is 1. The van der Waals surface area contributed by atoms with Gasteiger partial charge in [-0.15, -0.1) is 0 Å². The highest BCUT2D eigenvalue weighted by atomic mass is 35.5. The van der Waals surface area contributed by atoms with Gasteiger partial charge in [-0.25, -0.2) is 4.79 Å². The average molecular weight is 413 g/mol. The van der Waals surface area contributed by atoms with Crippen molar-refractivity contribution in [3.63, 3.8) is 0 Å². The number of ether oxygens (including phenoxy) is 4. The van der Waals surface area contributed by atoms with Crippen molar-refractivity contribution in [1.82, 2.24) is 9.80 Å². The number of methoxy groups -OCH3 is 2. The molecule has 28 heavy (non-hydrogen) atoms. The fourth-order valence-corrected chi connectivity index (χ4v) is 3.56. The maximum Gasteiger partial charge on any atom is 0.354 e. The van der Waals surface area contributed by atoms with Crippen LogP contribution in [0.4, 0.5) is 0 Å². The Hall–Kier alpha value is -2.00. The van der Waals surface area contributed by atoms with Crippen LogP contribution in [-0.2, 0) is 20.8 Å². The summed E-state index contributed by atoms with van der Waals surface area (Å²) in [4.78, 5) is 15.9. The van der Waals surface area contributed by atoms with Crippen LogP contribution in [0.2, 0.25) is 0 Å². The van der Waals surface area contributed by atoms with E-state index in [9.17, 15) is 9.90 Å². The van der Waals surface area contributed by atoms with E-state index in [0.717, 1.165) is 25.2 Å². The maximum atomic E-state index is 11.8. The summed E-state index contributed by atoms with van der Waals surface area (Å²) in [7, 11) is 3.18. The normalized spacial score (nSPS) is 20.3. The van der Waals surface area contributed by atoms with Crippen LogP contribution in [-0.4, -0.2) is 80.8 Å². The van der Waals surface area contributed by atoms with Crippen LogP contribution in [0.5, 0.6) is 11.5 Å². The van der Waals surface area contributed by atoms with E-state index in [-0.39, 0.29) is 10.7 Å². The van der Waals surface area contributed by atoms with Gasteiger partial charge in [0, 0.05) is 38.3 Å². The molecule has 0 aliphatic carbocycles. The quantitative estimate of drug-likeness (QED) is 0.637. The van der Waals surface area contributed by atoms with Crippen LogP contribution in [0, 0.1) is 0 Å². The van der Waals surface area contributed by atoms with Crippen LogP contribution in [0.1, 0.15) is 5.56 Å². The second-order valence-corrected chi connectivity index (χ2v) is 6.89. The largest absolute Gasteiger partial charge is 0.497 e. The first-order valence-electron chi connectivity index (χ1n) is 9.08. The van der Waals surface area contributed by atoms with Crippen molar-refractivity contribution in [1.29, 1.82) is 0 Å². The van der Waals surface area contributed by atoms with Gasteiger partial charge in [-0.1, -0.05) is 11.6 Å².